The van der Waals surface area contributed by atoms with Gasteiger partial charge in [-0.15, -0.1) is 0 Å². The molecule has 0 bridgehead atoms. The van der Waals surface area contributed by atoms with Crippen molar-refractivity contribution >= 4 is 5.78 Å². The fraction of sp³-hybridized carbons (Fsp3) is 0.500. The van der Waals surface area contributed by atoms with Gasteiger partial charge in [-0.05, 0) is 24.5 Å². The molecule has 0 amide bonds. The molecule has 0 aliphatic heterocycles. The van der Waals surface area contributed by atoms with Crippen molar-refractivity contribution in [3.05, 3.63) is 29.8 Å². The smallest absolute Gasteiger partial charge is 0.188 e. The highest BCUT2D eigenvalue weighted by molar-refractivity contribution is 5.97. The molecule has 0 radical (unpaired) electrons. The lowest BCUT2D eigenvalue weighted by molar-refractivity contribution is 0.0739. The lowest BCUT2D eigenvalue weighted by atomic mass is 10.1. The number of methoxy groups -OCH3 is 1. The van der Waals surface area contributed by atoms with Gasteiger partial charge < -0.3 is 9.47 Å². The summed E-state index contributed by atoms with van der Waals surface area (Å²) in [5.74, 6) is 1.28. The highest BCUT2D eigenvalue weighted by atomic mass is 16.5. The van der Waals surface area contributed by atoms with Crippen molar-refractivity contribution in [3.63, 3.8) is 0 Å². The number of carbonyl (C=O) groups is 1. The minimum atomic E-state index is -0.00680. The molecule has 0 unspecified atom stereocenters. The molecule has 0 saturated carbocycles. The Morgan fingerprint density at radius 2 is 2.12 bits per heavy atom. The molecule has 0 saturated heterocycles. The average Bonchev–Trinajstić information content (AvgIpc) is 2.34. The lowest BCUT2D eigenvalue weighted by Gasteiger charge is -2.06. The summed E-state index contributed by atoms with van der Waals surface area (Å²) in [5, 5.41) is 0. The molecule has 0 aromatic heterocycles. The van der Waals surface area contributed by atoms with Crippen LogP contribution in [0.1, 0.15) is 30.6 Å². The summed E-state index contributed by atoms with van der Waals surface area (Å²) in [7, 11) is 1.59. The topological polar surface area (TPSA) is 35.5 Å². The molecular formula is C14H20O3. The average molecular weight is 236 g/mol. The van der Waals surface area contributed by atoms with Crippen LogP contribution in [-0.4, -0.2) is 26.1 Å². The van der Waals surface area contributed by atoms with Crippen molar-refractivity contribution in [3.8, 4) is 5.75 Å². The molecule has 0 spiro atoms. The van der Waals surface area contributed by atoms with Crippen LogP contribution >= 0.6 is 0 Å². The number of benzene rings is 1. The van der Waals surface area contributed by atoms with E-state index in [1.54, 1.807) is 25.3 Å². The Balaban J connectivity index is 2.41. The standard InChI is InChI=1S/C14H20O3/c1-11(2)7-8-17-10-14(15)12-5-4-6-13(9-12)16-3/h4-6,9,11H,7-8,10H2,1-3H3. The van der Waals surface area contributed by atoms with Gasteiger partial charge in [0.05, 0.1) is 7.11 Å². The zero-order valence-electron chi connectivity index (χ0n) is 10.7. The molecule has 3 nitrogen and oxygen atoms in total. The summed E-state index contributed by atoms with van der Waals surface area (Å²) in [6.07, 6.45) is 0.978. The SMILES string of the molecule is COc1cccc(C(=O)COCCC(C)C)c1. The number of ether oxygens (including phenoxy) is 2. The Bertz CT molecular complexity index is 358. The second kappa shape index (κ2) is 7.07. The first-order valence-electron chi connectivity index (χ1n) is 5.88. The molecule has 0 aliphatic rings. The maximum Gasteiger partial charge on any atom is 0.188 e. The van der Waals surface area contributed by atoms with Crippen LogP contribution in [0.3, 0.4) is 0 Å². The quantitative estimate of drug-likeness (QED) is 0.539. The summed E-state index contributed by atoms with van der Waals surface area (Å²) in [6, 6.07) is 7.13. The van der Waals surface area contributed by atoms with Crippen LogP contribution in [0.15, 0.2) is 24.3 Å². The maximum absolute atomic E-state index is 11.8. The fourth-order valence-corrected chi connectivity index (χ4v) is 1.36. The fourth-order valence-electron chi connectivity index (χ4n) is 1.36. The number of Topliss-reactive ketones (excluding diaryl/α,β-unsaturated/α-hetero) is 1. The lowest BCUT2D eigenvalue weighted by Crippen LogP contribution is -2.10. The van der Waals surface area contributed by atoms with Crippen molar-refractivity contribution < 1.29 is 14.3 Å². The third-order valence-electron chi connectivity index (χ3n) is 2.46. The second-order valence-electron chi connectivity index (χ2n) is 4.39. The van der Waals surface area contributed by atoms with E-state index < -0.39 is 0 Å². The number of hydrogen-bond donors (Lipinski definition) is 0. The minimum absolute atomic E-state index is 0.00680. The zero-order chi connectivity index (χ0) is 12.7. The van der Waals surface area contributed by atoms with Crippen molar-refractivity contribution in [1.29, 1.82) is 0 Å². The molecule has 0 atom stereocenters. The van der Waals surface area contributed by atoms with Gasteiger partial charge in [-0.1, -0.05) is 26.0 Å². The molecular weight excluding hydrogens is 216 g/mol. The Labute approximate surface area is 103 Å². The molecule has 0 fully saturated rings. The Kier molecular flexibility index (Phi) is 5.70. The number of rotatable bonds is 7. The second-order valence-corrected chi connectivity index (χ2v) is 4.39. The van der Waals surface area contributed by atoms with Crippen LogP contribution in [0, 0.1) is 5.92 Å². The van der Waals surface area contributed by atoms with Gasteiger partial charge >= 0.3 is 0 Å². The molecule has 0 N–H and O–H groups in total. The van der Waals surface area contributed by atoms with Crippen molar-refractivity contribution in [2.45, 2.75) is 20.3 Å². The van der Waals surface area contributed by atoms with Gasteiger partial charge in [-0.3, -0.25) is 4.79 Å². The predicted octanol–water partition coefficient (Wildman–Crippen LogP) is 2.94. The highest BCUT2D eigenvalue weighted by Crippen LogP contribution is 2.13. The van der Waals surface area contributed by atoms with Crippen LogP contribution in [-0.2, 0) is 4.74 Å². The Morgan fingerprint density at radius 3 is 2.76 bits per heavy atom. The summed E-state index contributed by atoms with van der Waals surface area (Å²) >= 11 is 0. The van der Waals surface area contributed by atoms with E-state index in [1.165, 1.54) is 0 Å². The summed E-state index contributed by atoms with van der Waals surface area (Å²) in [4.78, 5) is 11.8. The van der Waals surface area contributed by atoms with Gasteiger partial charge in [0.25, 0.3) is 0 Å². The summed E-state index contributed by atoms with van der Waals surface area (Å²) in [6.45, 7) is 5.04. The van der Waals surface area contributed by atoms with Crippen molar-refractivity contribution in [2.24, 2.45) is 5.92 Å². The normalized spacial score (nSPS) is 10.6. The largest absolute Gasteiger partial charge is 0.497 e. The Morgan fingerprint density at radius 1 is 1.35 bits per heavy atom. The van der Waals surface area contributed by atoms with Gasteiger partial charge in [0.1, 0.15) is 12.4 Å². The molecule has 1 aromatic carbocycles. The van der Waals surface area contributed by atoms with Gasteiger partial charge in [-0.25, -0.2) is 0 Å². The maximum atomic E-state index is 11.8. The number of ketones is 1. The van der Waals surface area contributed by atoms with Crippen LogP contribution in [0.2, 0.25) is 0 Å². The number of carbonyl (C=O) groups excluding carboxylic acids is 1. The molecule has 17 heavy (non-hydrogen) atoms. The third-order valence-corrected chi connectivity index (χ3v) is 2.46. The molecule has 1 aromatic rings. The third kappa shape index (κ3) is 5.00. The first kappa shape index (κ1) is 13.7. The molecule has 3 heteroatoms. The van der Waals surface area contributed by atoms with E-state index >= 15 is 0 Å². The summed E-state index contributed by atoms with van der Waals surface area (Å²) < 4.78 is 10.4. The van der Waals surface area contributed by atoms with E-state index in [2.05, 4.69) is 13.8 Å². The van der Waals surface area contributed by atoms with E-state index in [1.807, 2.05) is 6.07 Å². The van der Waals surface area contributed by atoms with E-state index in [-0.39, 0.29) is 12.4 Å². The van der Waals surface area contributed by atoms with Crippen LogP contribution in [0.4, 0.5) is 0 Å². The van der Waals surface area contributed by atoms with E-state index in [0.717, 1.165) is 6.42 Å². The van der Waals surface area contributed by atoms with Crippen LogP contribution in [0.25, 0.3) is 0 Å². The van der Waals surface area contributed by atoms with E-state index in [4.69, 9.17) is 9.47 Å². The first-order chi connectivity index (χ1) is 8.13. The first-order valence-corrected chi connectivity index (χ1v) is 5.88. The molecule has 0 heterocycles. The molecule has 1 rings (SSSR count). The van der Waals surface area contributed by atoms with Gasteiger partial charge in [-0.2, -0.15) is 0 Å². The van der Waals surface area contributed by atoms with E-state index in [0.29, 0.717) is 23.8 Å². The van der Waals surface area contributed by atoms with Crippen molar-refractivity contribution in [2.75, 3.05) is 20.3 Å². The van der Waals surface area contributed by atoms with Crippen LogP contribution < -0.4 is 4.74 Å². The van der Waals surface area contributed by atoms with E-state index in [9.17, 15) is 4.79 Å². The van der Waals surface area contributed by atoms with Crippen molar-refractivity contribution in [1.82, 2.24) is 0 Å². The monoisotopic (exact) mass is 236 g/mol. The number of hydrogen-bond acceptors (Lipinski definition) is 3. The predicted molar refractivity (Wildman–Crippen MR) is 67.6 cm³/mol. The highest BCUT2D eigenvalue weighted by Gasteiger charge is 2.07. The summed E-state index contributed by atoms with van der Waals surface area (Å²) in [5.41, 5.74) is 0.633. The molecule has 0 aliphatic carbocycles. The van der Waals surface area contributed by atoms with Gasteiger partial charge in [0.15, 0.2) is 5.78 Å². The zero-order valence-corrected chi connectivity index (χ0v) is 10.7. The van der Waals surface area contributed by atoms with Gasteiger partial charge in [0.2, 0.25) is 0 Å². The molecule has 94 valence electrons. The van der Waals surface area contributed by atoms with Gasteiger partial charge in [0, 0.05) is 12.2 Å². The van der Waals surface area contributed by atoms with Crippen LogP contribution in [0.5, 0.6) is 5.75 Å². The Hall–Kier alpha value is -1.35. The minimum Gasteiger partial charge on any atom is -0.497 e.